The van der Waals surface area contributed by atoms with Crippen molar-refractivity contribution in [3.05, 3.63) is 0 Å². The molecule has 0 aromatic rings. The Hall–Kier alpha value is -1.26. The van der Waals surface area contributed by atoms with Gasteiger partial charge in [-0.2, -0.15) is 0 Å². The van der Waals surface area contributed by atoms with Gasteiger partial charge in [-0.25, -0.2) is 4.79 Å². The van der Waals surface area contributed by atoms with E-state index in [1.54, 1.807) is 9.80 Å². The van der Waals surface area contributed by atoms with E-state index in [4.69, 9.17) is 0 Å². The van der Waals surface area contributed by atoms with Crippen LogP contribution in [-0.4, -0.2) is 53.1 Å². The maximum Gasteiger partial charge on any atom is 0.320 e. The SMILES string of the molecule is CCC1(C(=O)O)CCCN(C(=O)N(C)C2CC2)C1. The molecule has 18 heavy (non-hydrogen) atoms. The van der Waals surface area contributed by atoms with Gasteiger partial charge in [-0.05, 0) is 32.1 Å². The zero-order valence-corrected chi connectivity index (χ0v) is 11.2. The number of carboxylic acid groups (broad SMARTS) is 1. The standard InChI is InChI=1S/C13H22N2O3/c1-3-13(11(16)17)7-4-8-15(9-13)12(18)14(2)10-5-6-10/h10H,3-9H2,1-2H3,(H,16,17). The number of aliphatic carboxylic acids is 1. The van der Waals surface area contributed by atoms with E-state index in [2.05, 4.69) is 0 Å². The first kappa shape index (κ1) is 13.2. The molecule has 1 atom stereocenters. The van der Waals surface area contributed by atoms with Crippen LogP contribution in [0.5, 0.6) is 0 Å². The highest BCUT2D eigenvalue weighted by Crippen LogP contribution is 2.35. The Morgan fingerprint density at radius 2 is 2.11 bits per heavy atom. The smallest absolute Gasteiger partial charge is 0.320 e. The molecule has 2 fully saturated rings. The van der Waals surface area contributed by atoms with Crippen molar-refractivity contribution >= 4 is 12.0 Å². The van der Waals surface area contributed by atoms with Gasteiger partial charge in [0, 0.05) is 26.2 Å². The Morgan fingerprint density at radius 1 is 1.44 bits per heavy atom. The summed E-state index contributed by atoms with van der Waals surface area (Å²) in [4.78, 5) is 27.2. The van der Waals surface area contributed by atoms with E-state index in [-0.39, 0.29) is 6.03 Å². The summed E-state index contributed by atoms with van der Waals surface area (Å²) in [6.45, 7) is 2.94. The summed E-state index contributed by atoms with van der Waals surface area (Å²) in [6, 6.07) is 0.372. The van der Waals surface area contributed by atoms with Crippen molar-refractivity contribution in [2.45, 2.75) is 45.1 Å². The summed E-state index contributed by atoms with van der Waals surface area (Å²) in [5.41, 5.74) is -0.738. The van der Waals surface area contributed by atoms with Crippen LogP contribution in [0, 0.1) is 5.41 Å². The average Bonchev–Trinajstić information content (AvgIpc) is 3.21. The fourth-order valence-electron chi connectivity index (χ4n) is 2.75. The fraction of sp³-hybridized carbons (Fsp3) is 0.846. The minimum atomic E-state index is -0.767. The molecule has 1 saturated carbocycles. The van der Waals surface area contributed by atoms with Crippen LogP contribution in [0.3, 0.4) is 0 Å². The summed E-state index contributed by atoms with van der Waals surface area (Å²) in [5, 5.41) is 9.40. The highest BCUT2D eigenvalue weighted by Gasteiger charge is 2.43. The van der Waals surface area contributed by atoms with Crippen LogP contribution in [0.4, 0.5) is 4.79 Å². The molecule has 0 bridgehead atoms. The monoisotopic (exact) mass is 254 g/mol. The van der Waals surface area contributed by atoms with E-state index in [0.717, 1.165) is 19.3 Å². The number of amides is 2. The predicted molar refractivity (Wildman–Crippen MR) is 67.3 cm³/mol. The van der Waals surface area contributed by atoms with Gasteiger partial charge in [0.15, 0.2) is 0 Å². The molecule has 1 aliphatic heterocycles. The summed E-state index contributed by atoms with van der Waals surface area (Å²) in [7, 11) is 1.82. The van der Waals surface area contributed by atoms with Gasteiger partial charge < -0.3 is 14.9 Å². The first-order valence-electron chi connectivity index (χ1n) is 6.75. The summed E-state index contributed by atoms with van der Waals surface area (Å²) >= 11 is 0. The zero-order valence-electron chi connectivity index (χ0n) is 11.2. The van der Waals surface area contributed by atoms with Gasteiger partial charge in [0.25, 0.3) is 0 Å². The first-order chi connectivity index (χ1) is 8.50. The van der Waals surface area contributed by atoms with Crippen molar-refractivity contribution < 1.29 is 14.7 Å². The molecule has 5 nitrogen and oxygen atoms in total. The minimum absolute atomic E-state index is 0.00345. The van der Waals surface area contributed by atoms with Crippen LogP contribution >= 0.6 is 0 Å². The largest absolute Gasteiger partial charge is 0.481 e. The number of nitrogens with zero attached hydrogens (tertiary/aromatic N) is 2. The lowest BCUT2D eigenvalue weighted by molar-refractivity contribution is -0.152. The predicted octanol–water partition coefficient (Wildman–Crippen LogP) is 1.78. The van der Waals surface area contributed by atoms with Crippen LogP contribution in [0.2, 0.25) is 0 Å². The third-order valence-corrected chi connectivity index (χ3v) is 4.37. The van der Waals surface area contributed by atoms with Gasteiger partial charge in [0.2, 0.25) is 0 Å². The molecule has 5 heteroatoms. The van der Waals surface area contributed by atoms with E-state index in [0.29, 0.717) is 32.0 Å². The van der Waals surface area contributed by atoms with Crippen LogP contribution in [0.1, 0.15) is 39.0 Å². The molecule has 1 N–H and O–H groups in total. The molecule has 1 saturated heterocycles. The van der Waals surface area contributed by atoms with Gasteiger partial charge in [0.05, 0.1) is 5.41 Å². The second-order valence-corrected chi connectivity index (χ2v) is 5.59. The number of carboxylic acids is 1. The van der Waals surface area contributed by atoms with Crippen molar-refractivity contribution in [1.29, 1.82) is 0 Å². The summed E-state index contributed by atoms with van der Waals surface area (Å²) in [6.07, 6.45) is 4.20. The van der Waals surface area contributed by atoms with Crippen LogP contribution < -0.4 is 0 Å². The Morgan fingerprint density at radius 3 is 2.61 bits per heavy atom. The Labute approximate surface area is 108 Å². The van der Waals surface area contributed by atoms with E-state index < -0.39 is 11.4 Å². The van der Waals surface area contributed by atoms with Crippen LogP contribution in [0.25, 0.3) is 0 Å². The summed E-state index contributed by atoms with van der Waals surface area (Å²) < 4.78 is 0. The molecule has 2 aliphatic rings. The number of hydrogen-bond donors (Lipinski definition) is 1. The highest BCUT2D eigenvalue weighted by atomic mass is 16.4. The number of likely N-dealkylation sites (tertiary alicyclic amines) is 1. The number of piperidine rings is 1. The van der Waals surface area contributed by atoms with Gasteiger partial charge >= 0.3 is 12.0 Å². The Balaban J connectivity index is 2.05. The minimum Gasteiger partial charge on any atom is -0.481 e. The van der Waals surface area contributed by atoms with Crippen molar-refractivity contribution in [2.75, 3.05) is 20.1 Å². The van der Waals surface area contributed by atoms with Crippen molar-refractivity contribution in [1.82, 2.24) is 9.80 Å². The van der Waals surface area contributed by atoms with Crippen molar-refractivity contribution in [3.8, 4) is 0 Å². The molecule has 0 aromatic carbocycles. The average molecular weight is 254 g/mol. The molecule has 1 aliphatic carbocycles. The number of hydrogen-bond acceptors (Lipinski definition) is 2. The molecular formula is C13H22N2O3. The maximum atomic E-state index is 12.3. The topological polar surface area (TPSA) is 60.9 Å². The van der Waals surface area contributed by atoms with Gasteiger partial charge in [-0.1, -0.05) is 6.92 Å². The van der Waals surface area contributed by atoms with Crippen molar-refractivity contribution in [3.63, 3.8) is 0 Å². The zero-order chi connectivity index (χ0) is 13.3. The number of carbonyl (C=O) groups excluding carboxylic acids is 1. The third kappa shape index (κ3) is 2.31. The maximum absolute atomic E-state index is 12.3. The van der Waals surface area contributed by atoms with Crippen LogP contribution in [0.15, 0.2) is 0 Å². The Bertz CT molecular complexity index is 354. The third-order valence-electron chi connectivity index (χ3n) is 4.37. The molecule has 0 aromatic heterocycles. The van der Waals surface area contributed by atoms with Gasteiger partial charge in [0.1, 0.15) is 0 Å². The molecule has 0 radical (unpaired) electrons. The van der Waals surface area contributed by atoms with E-state index in [1.807, 2.05) is 14.0 Å². The number of urea groups is 1. The molecule has 2 rings (SSSR count). The lowest BCUT2D eigenvalue weighted by Crippen LogP contribution is -2.53. The quantitative estimate of drug-likeness (QED) is 0.835. The molecular weight excluding hydrogens is 232 g/mol. The first-order valence-corrected chi connectivity index (χ1v) is 6.75. The second kappa shape index (κ2) is 4.78. The fourth-order valence-corrected chi connectivity index (χ4v) is 2.75. The van der Waals surface area contributed by atoms with Crippen LogP contribution in [-0.2, 0) is 4.79 Å². The van der Waals surface area contributed by atoms with Gasteiger partial charge in [-0.3, -0.25) is 4.79 Å². The molecule has 1 heterocycles. The normalized spacial score (nSPS) is 28.0. The van der Waals surface area contributed by atoms with E-state index in [1.165, 1.54) is 0 Å². The van der Waals surface area contributed by atoms with Gasteiger partial charge in [-0.15, -0.1) is 0 Å². The Kier molecular flexibility index (Phi) is 3.50. The lowest BCUT2D eigenvalue weighted by Gasteiger charge is -2.40. The number of carbonyl (C=O) groups is 2. The van der Waals surface area contributed by atoms with E-state index in [9.17, 15) is 14.7 Å². The molecule has 2 amide bonds. The van der Waals surface area contributed by atoms with E-state index >= 15 is 0 Å². The molecule has 0 spiro atoms. The second-order valence-electron chi connectivity index (χ2n) is 5.59. The highest BCUT2D eigenvalue weighted by molar-refractivity contribution is 5.79. The molecule has 102 valence electrons. The lowest BCUT2D eigenvalue weighted by atomic mass is 9.78. The summed E-state index contributed by atoms with van der Waals surface area (Å²) in [5.74, 6) is -0.767. The molecule has 1 unspecified atom stereocenters. The number of rotatable bonds is 3. The van der Waals surface area contributed by atoms with Crippen molar-refractivity contribution in [2.24, 2.45) is 5.41 Å².